The highest BCUT2D eigenvalue weighted by Crippen LogP contribution is 2.18. The van der Waals surface area contributed by atoms with Crippen LogP contribution < -0.4 is 4.74 Å². The first kappa shape index (κ1) is 11.5. The van der Waals surface area contributed by atoms with E-state index in [1.165, 1.54) is 0 Å². The maximum Gasteiger partial charge on any atom is 0.310 e. The standard InChI is InChI=1S/C11H15NO3/c1-4-15-11(13)6-9-5-8(2)12-7-10(9)14-3/h5,7H,4,6H2,1-3H3. The minimum absolute atomic E-state index is 0.223. The Kier molecular flexibility index (Phi) is 4.09. The van der Waals surface area contributed by atoms with E-state index in [0.717, 1.165) is 11.3 Å². The monoisotopic (exact) mass is 209 g/mol. The molecule has 0 radical (unpaired) electrons. The zero-order chi connectivity index (χ0) is 11.3. The minimum Gasteiger partial charge on any atom is -0.495 e. The molecular weight excluding hydrogens is 194 g/mol. The molecule has 4 heteroatoms. The van der Waals surface area contributed by atoms with Gasteiger partial charge in [-0.05, 0) is 19.9 Å². The number of ether oxygens (including phenoxy) is 2. The van der Waals surface area contributed by atoms with E-state index in [2.05, 4.69) is 4.98 Å². The summed E-state index contributed by atoms with van der Waals surface area (Å²) in [5.41, 5.74) is 1.67. The number of carbonyl (C=O) groups is 1. The van der Waals surface area contributed by atoms with Gasteiger partial charge >= 0.3 is 5.97 Å². The third-order valence-electron chi connectivity index (χ3n) is 1.95. The summed E-state index contributed by atoms with van der Waals surface area (Å²) in [7, 11) is 1.56. The highest BCUT2D eigenvalue weighted by molar-refractivity contribution is 5.73. The van der Waals surface area contributed by atoms with Gasteiger partial charge in [-0.2, -0.15) is 0 Å². The average molecular weight is 209 g/mol. The molecule has 0 aliphatic rings. The van der Waals surface area contributed by atoms with Gasteiger partial charge in [0, 0.05) is 11.3 Å². The summed E-state index contributed by atoms with van der Waals surface area (Å²) < 4.78 is 9.98. The van der Waals surface area contributed by atoms with Crippen LogP contribution >= 0.6 is 0 Å². The van der Waals surface area contributed by atoms with Gasteiger partial charge in [-0.3, -0.25) is 9.78 Å². The molecule has 0 N–H and O–H groups in total. The molecule has 1 rings (SSSR count). The van der Waals surface area contributed by atoms with Gasteiger partial charge in [0.05, 0.1) is 26.3 Å². The van der Waals surface area contributed by atoms with E-state index in [0.29, 0.717) is 12.4 Å². The van der Waals surface area contributed by atoms with Crippen LogP contribution in [0.4, 0.5) is 0 Å². The van der Waals surface area contributed by atoms with Crippen molar-refractivity contribution < 1.29 is 14.3 Å². The quantitative estimate of drug-likeness (QED) is 0.705. The number of methoxy groups -OCH3 is 1. The largest absolute Gasteiger partial charge is 0.495 e. The molecule has 4 nitrogen and oxygen atoms in total. The Bertz CT molecular complexity index is 350. The van der Waals surface area contributed by atoms with Crippen LogP contribution in [-0.4, -0.2) is 24.7 Å². The molecule has 0 atom stereocenters. The van der Waals surface area contributed by atoms with Gasteiger partial charge in [-0.15, -0.1) is 0 Å². The lowest BCUT2D eigenvalue weighted by atomic mass is 10.1. The van der Waals surface area contributed by atoms with Crippen LogP contribution in [0.15, 0.2) is 12.3 Å². The molecule has 15 heavy (non-hydrogen) atoms. The van der Waals surface area contributed by atoms with Gasteiger partial charge in [0.1, 0.15) is 5.75 Å². The van der Waals surface area contributed by atoms with E-state index in [9.17, 15) is 4.79 Å². The third kappa shape index (κ3) is 3.23. The maximum absolute atomic E-state index is 11.3. The van der Waals surface area contributed by atoms with Crippen LogP contribution in [0.3, 0.4) is 0 Å². The number of esters is 1. The third-order valence-corrected chi connectivity index (χ3v) is 1.95. The van der Waals surface area contributed by atoms with Crippen molar-refractivity contribution in [2.45, 2.75) is 20.3 Å². The lowest BCUT2D eigenvalue weighted by Gasteiger charge is -2.08. The maximum atomic E-state index is 11.3. The molecule has 0 spiro atoms. The Hall–Kier alpha value is -1.58. The van der Waals surface area contributed by atoms with Gasteiger partial charge in [0.2, 0.25) is 0 Å². The number of rotatable bonds is 4. The molecule has 0 bridgehead atoms. The Labute approximate surface area is 89.2 Å². The summed E-state index contributed by atoms with van der Waals surface area (Å²) in [5.74, 6) is 0.370. The molecule has 0 amide bonds. The Morgan fingerprint density at radius 2 is 2.27 bits per heavy atom. The molecule has 0 aliphatic heterocycles. The lowest BCUT2D eigenvalue weighted by molar-refractivity contribution is -0.142. The van der Waals surface area contributed by atoms with E-state index in [1.54, 1.807) is 20.2 Å². The molecular formula is C11H15NO3. The van der Waals surface area contributed by atoms with E-state index >= 15 is 0 Å². The molecule has 1 aromatic heterocycles. The average Bonchev–Trinajstić information content (AvgIpc) is 2.18. The molecule has 0 fully saturated rings. The highest BCUT2D eigenvalue weighted by atomic mass is 16.5. The molecule has 0 saturated carbocycles. The van der Waals surface area contributed by atoms with Crippen LogP contribution in [0.2, 0.25) is 0 Å². The van der Waals surface area contributed by atoms with E-state index in [-0.39, 0.29) is 12.4 Å². The fourth-order valence-electron chi connectivity index (χ4n) is 1.29. The van der Waals surface area contributed by atoms with Crippen LogP contribution in [0.5, 0.6) is 5.75 Å². The summed E-state index contributed by atoms with van der Waals surface area (Å²) in [6.45, 7) is 4.05. The first-order valence-corrected chi connectivity index (χ1v) is 4.82. The molecule has 82 valence electrons. The molecule has 0 aromatic carbocycles. The van der Waals surface area contributed by atoms with Crippen molar-refractivity contribution >= 4 is 5.97 Å². The van der Waals surface area contributed by atoms with E-state index in [4.69, 9.17) is 9.47 Å². The summed E-state index contributed by atoms with van der Waals surface area (Å²) in [6.07, 6.45) is 1.84. The summed E-state index contributed by atoms with van der Waals surface area (Å²) in [4.78, 5) is 15.4. The number of aromatic nitrogens is 1. The zero-order valence-electron chi connectivity index (χ0n) is 9.24. The van der Waals surface area contributed by atoms with Crippen LogP contribution in [0, 0.1) is 6.92 Å². The van der Waals surface area contributed by atoms with Crippen molar-refractivity contribution in [3.05, 3.63) is 23.5 Å². The molecule has 0 aliphatic carbocycles. The smallest absolute Gasteiger partial charge is 0.310 e. The summed E-state index contributed by atoms with van der Waals surface area (Å²) in [6, 6.07) is 1.83. The lowest BCUT2D eigenvalue weighted by Crippen LogP contribution is -2.09. The molecule has 0 saturated heterocycles. The minimum atomic E-state index is -0.249. The van der Waals surface area contributed by atoms with Gasteiger partial charge < -0.3 is 9.47 Å². The summed E-state index contributed by atoms with van der Waals surface area (Å²) in [5, 5.41) is 0. The number of aryl methyl sites for hydroxylation is 1. The van der Waals surface area contributed by atoms with Gasteiger partial charge in [0.15, 0.2) is 0 Å². The first-order chi connectivity index (χ1) is 7.17. The fourth-order valence-corrected chi connectivity index (χ4v) is 1.29. The van der Waals surface area contributed by atoms with E-state index < -0.39 is 0 Å². The second kappa shape index (κ2) is 5.34. The van der Waals surface area contributed by atoms with Gasteiger partial charge in [-0.25, -0.2) is 0 Å². The second-order valence-corrected chi connectivity index (χ2v) is 3.12. The van der Waals surface area contributed by atoms with Crippen LogP contribution in [0.1, 0.15) is 18.2 Å². The molecule has 1 heterocycles. The predicted octanol–water partition coefficient (Wildman–Crippen LogP) is 1.50. The number of hydrogen-bond donors (Lipinski definition) is 0. The SMILES string of the molecule is CCOC(=O)Cc1cc(C)ncc1OC. The van der Waals surface area contributed by atoms with Crippen molar-refractivity contribution in [1.29, 1.82) is 0 Å². The van der Waals surface area contributed by atoms with E-state index in [1.807, 2.05) is 13.0 Å². The number of hydrogen-bond acceptors (Lipinski definition) is 4. The Morgan fingerprint density at radius 3 is 2.87 bits per heavy atom. The van der Waals surface area contributed by atoms with Crippen LogP contribution in [-0.2, 0) is 16.0 Å². The second-order valence-electron chi connectivity index (χ2n) is 3.12. The molecule has 1 aromatic rings. The van der Waals surface area contributed by atoms with Crippen molar-refractivity contribution in [2.75, 3.05) is 13.7 Å². The van der Waals surface area contributed by atoms with Crippen molar-refractivity contribution in [2.24, 2.45) is 0 Å². The van der Waals surface area contributed by atoms with Crippen LogP contribution in [0.25, 0.3) is 0 Å². The Balaban J connectivity index is 2.82. The fraction of sp³-hybridized carbons (Fsp3) is 0.455. The zero-order valence-corrected chi connectivity index (χ0v) is 9.24. The molecule has 0 unspecified atom stereocenters. The predicted molar refractivity (Wildman–Crippen MR) is 55.9 cm³/mol. The topological polar surface area (TPSA) is 48.4 Å². The number of carbonyl (C=O) groups excluding carboxylic acids is 1. The van der Waals surface area contributed by atoms with Crippen molar-refractivity contribution in [3.8, 4) is 5.75 Å². The van der Waals surface area contributed by atoms with Gasteiger partial charge in [-0.1, -0.05) is 0 Å². The van der Waals surface area contributed by atoms with Gasteiger partial charge in [0.25, 0.3) is 0 Å². The normalized spacial score (nSPS) is 9.80. The number of nitrogens with zero attached hydrogens (tertiary/aromatic N) is 1. The Morgan fingerprint density at radius 1 is 1.53 bits per heavy atom. The summed E-state index contributed by atoms with van der Waals surface area (Å²) >= 11 is 0. The first-order valence-electron chi connectivity index (χ1n) is 4.82. The van der Waals surface area contributed by atoms with Crippen molar-refractivity contribution in [3.63, 3.8) is 0 Å². The van der Waals surface area contributed by atoms with Crippen molar-refractivity contribution in [1.82, 2.24) is 4.98 Å². The number of pyridine rings is 1. The highest BCUT2D eigenvalue weighted by Gasteiger charge is 2.09.